The van der Waals surface area contributed by atoms with Crippen molar-refractivity contribution in [1.29, 1.82) is 0 Å². The van der Waals surface area contributed by atoms with E-state index in [1.165, 1.54) is 27.2 Å². The van der Waals surface area contributed by atoms with Crippen molar-refractivity contribution in [2.24, 2.45) is 0 Å². The Morgan fingerprint density at radius 3 is 1.66 bits per heavy atom. The Hall–Kier alpha value is -4.33. The van der Waals surface area contributed by atoms with Crippen molar-refractivity contribution in [2.45, 2.75) is 6.92 Å². The van der Waals surface area contributed by atoms with Gasteiger partial charge in [-0.3, -0.25) is 14.4 Å². The van der Waals surface area contributed by atoms with Crippen molar-refractivity contribution in [3.63, 3.8) is 0 Å². The molecule has 2 amide bonds. The molecule has 164 valence electrons. The number of ether oxygens (including phenoxy) is 3. The second-order valence-electron chi connectivity index (χ2n) is 6.71. The fourth-order valence-electron chi connectivity index (χ4n) is 2.85. The number of rotatable bonds is 7. The molecule has 0 fully saturated rings. The van der Waals surface area contributed by atoms with Crippen molar-refractivity contribution in [3.05, 3.63) is 77.9 Å². The second kappa shape index (κ2) is 10.1. The van der Waals surface area contributed by atoms with Gasteiger partial charge in [-0.05, 0) is 54.6 Å². The highest BCUT2D eigenvalue weighted by atomic mass is 16.5. The molecule has 0 saturated carbocycles. The van der Waals surface area contributed by atoms with Crippen LogP contribution in [-0.4, -0.2) is 32.0 Å². The second-order valence-corrected chi connectivity index (χ2v) is 6.71. The highest BCUT2D eigenvalue weighted by Gasteiger charge is 2.11. The van der Waals surface area contributed by atoms with Gasteiger partial charge in [-0.25, -0.2) is 0 Å². The molecule has 0 spiro atoms. The van der Waals surface area contributed by atoms with Crippen molar-refractivity contribution in [3.8, 4) is 17.2 Å². The summed E-state index contributed by atoms with van der Waals surface area (Å²) >= 11 is 0. The van der Waals surface area contributed by atoms with Crippen LogP contribution in [0.1, 0.15) is 27.6 Å². The summed E-state index contributed by atoms with van der Waals surface area (Å²) in [7, 11) is 3.02. The van der Waals surface area contributed by atoms with Gasteiger partial charge in [-0.1, -0.05) is 6.07 Å². The van der Waals surface area contributed by atoms with Crippen LogP contribution in [0.15, 0.2) is 66.7 Å². The maximum atomic E-state index is 12.6. The predicted molar refractivity (Wildman–Crippen MR) is 120 cm³/mol. The molecular weight excluding hydrogens is 412 g/mol. The Labute approximate surface area is 185 Å². The minimum absolute atomic E-state index is 0.289. The van der Waals surface area contributed by atoms with E-state index >= 15 is 0 Å². The van der Waals surface area contributed by atoms with Gasteiger partial charge in [0.1, 0.15) is 17.2 Å². The summed E-state index contributed by atoms with van der Waals surface area (Å²) in [4.78, 5) is 36.1. The first-order valence-electron chi connectivity index (χ1n) is 9.62. The molecule has 32 heavy (non-hydrogen) atoms. The van der Waals surface area contributed by atoms with Crippen molar-refractivity contribution in [1.82, 2.24) is 0 Å². The Morgan fingerprint density at radius 1 is 0.656 bits per heavy atom. The van der Waals surface area contributed by atoms with E-state index < -0.39 is 5.97 Å². The minimum atomic E-state index is -0.465. The highest BCUT2D eigenvalue weighted by Crippen LogP contribution is 2.24. The predicted octanol–water partition coefficient (Wildman–Crippen LogP) is 4.13. The van der Waals surface area contributed by atoms with Gasteiger partial charge < -0.3 is 24.8 Å². The van der Waals surface area contributed by atoms with Crippen LogP contribution in [0.3, 0.4) is 0 Å². The number of anilines is 2. The third-order valence-electron chi connectivity index (χ3n) is 4.37. The maximum absolute atomic E-state index is 12.6. The Kier molecular flexibility index (Phi) is 7.07. The standard InChI is InChI=1S/C24H22N2O6/c1-15(27)32-20-6-4-5-16(11-20)23(28)25-18-7-9-19(10-8-18)26-24(29)17-12-21(30-2)14-22(13-17)31-3/h4-14H,1-3H3,(H,25,28)(H,26,29). The molecule has 0 unspecified atom stereocenters. The first-order valence-corrected chi connectivity index (χ1v) is 9.62. The van der Waals surface area contributed by atoms with Crippen LogP contribution >= 0.6 is 0 Å². The van der Waals surface area contributed by atoms with Gasteiger partial charge in [0.15, 0.2) is 0 Å². The van der Waals surface area contributed by atoms with E-state index in [-0.39, 0.29) is 17.6 Å². The summed E-state index contributed by atoms with van der Waals surface area (Å²) in [6.45, 7) is 1.29. The van der Waals surface area contributed by atoms with Crippen LogP contribution in [0.2, 0.25) is 0 Å². The molecule has 2 N–H and O–H groups in total. The zero-order valence-electron chi connectivity index (χ0n) is 17.8. The molecule has 0 radical (unpaired) electrons. The molecule has 3 rings (SSSR count). The van der Waals surface area contributed by atoms with Gasteiger partial charge in [0, 0.05) is 35.5 Å². The Morgan fingerprint density at radius 2 is 1.16 bits per heavy atom. The minimum Gasteiger partial charge on any atom is -0.497 e. The molecule has 0 aromatic heterocycles. The maximum Gasteiger partial charge on any atom is 0.308 e. The largest absolute Gasteiger partial charge is 0.497 e. The van der Waals surface area contributed by atoms with Crippen LogP contribution < -0.4 is 24.8 Å². The lowest BCUT2D eigenvalue weighted by molar-refractivity contribution is -0.131. The molecule has 0 aliphatic heterocycles. The van der Waals surface area contributed by atoms with Gasteiger partial charge in [-0.15, -0.1) is 0 Å². The summed E-state index contributed by atoms with van der Waals surface area (Å²) in [6.07, 6.45) is 0. The summed E-state index contributed by atoms with van der Waals surface area (Å²) in [5, 5.41) is 5.54. The monoisotopic (exact) mass is 434 g/mol. The van der Waals surface area contributed by atoms with Crippen molar-refractivity contribution in [2.75, 3.05) is 24.9 Å². The molecule has 0 aliphatic carbocycles. The summed E-state index contributed by atoms with van der Waals surface area (Å²) in [6, 6.07) is 17.9. The van der Waals surface area contributed by atoms with Gasteiger partial charge in [-0.2, -0.15) is 0 Å². The summed E-state index contributed by atoms with van der Waals surface area (Å²) < 4.78 is 15.4. The van der Waals surface area contributed by atoms with Crippen LogP contribution in [0.25, 0.3) is 0 Å². The number of hydrogen-bond acceptors (Lipinski definition) is 6. The Balaban J connectivity index is 1.66. The molecular formula is C24H22N2O6. The molecule has 0 bridgehead atoms. The summed E-state index contributed by atoms with van der Waals surface area (Å²) in [5.74, 6) is 0.140. The fourth-order valence-corrected chi connectivity index (χ4v) is 2.85. The van der Waals surface area contributed by atoms with Gasteiger partial charge in [0.05, 0.1) is 14.2 Å². The Bertz CT molecular complexity index is 1120. The smallest absolute Gasteiger partial charge is 0.308 e. The third kappa shape index (κ3) is 5.85. The summed E-state index contributed by atoms with van der Waals surface area (Å²) in [5.41, 5.74) is 1.81. The number of amides is 2. The number of carbonyl (C=O) groups excluding carboxylic acids is 3. The van der Waals surface area contributed by atoms with E-state index in [1.807, 2.05) is 0 Å². The number of esters is 1. The van der Waals surface area contributed by atoms with Crippen LogP contribution in [-0.2, 0) is 4.79 Å². The number of nitrogens with one attached hydrogen (secondary N) is 2. The number of benzene rings is 3. The van der Waals surface area contributed by atoms with E-state index in [4.69, 9.17) is 14.2 Å². The normalized spacial score (nSPS) is 10.1. The molecule has 8 heteroatoms. The zero-order valence-corrected chi connectivity index (χ0v) is 17.8. The molecule has 0 saturated heterocycles. The van der Waals surface area contributed by atoms with E-state index in [9.17, 15) is 14.4 Å². The topological polar surface area (TPSA) is 103 Å². The number of methoxy groups -OCH3 is 2. The van der Waals surface area contributed by atoms with Crippen molar-refractivity contribution < 1.29 is 28.6 Å². The molecule has 0 heterocycles. The van der Waals surface area contributed by atoms with E-state index in [0.717, 1.165) is 0 Å². The molecule has 0 aliphatic rings. The highest BCUT2D eigenvalue weighted by molar-refractivity contribution is 6.06. The van der Waals surface area contributed by atoms with Gasteiger partial charge >= 0.3 is 5.97 Å². The first kappa shape index (κ1) is 22.4. The van der Waals surface area contributed by atoms with E-state index in [2.05, 4.69) is 10.6 Å². The lowest BCUT2D eigenvalue weighted by Crippen LogP contribution is -2.13. The quantitative estimate of drug-likeness (QED) is 0.428. The first-order chi connectivity index (χ1) is 15.4. The third-order valence-corrected chi connectivity index (χ3v) is 4.37. The molecule has 3 aromatic rings. The fraction of sp³-hybridized carbons (Fsp3) is 0.125. The van der Waals surface area contributed by atoms with Gasteiger partial charge in [0.2, 0.25) is 0 Å². The number of carbonyl (C=O) groups is 3. The van der Waals surface area contributed by atoms with Crippen LogP contribution in [0, 0.1) is 0 Å². The zero-order chi connectivity index (χ0) is 23.1. The number of hydrogen-bond donors (Lipinski definition) is 2. The SMILES string of the molecule is COc1cc(OC)cc(C(=O)Nc2ccc(NC(=O)c3cccc(OC(C)=O)c3)cc2)c1. The van der Waals surface area contributed by atoms with Crippen molar-refractivity contribution >= 4 is 29.2 Å². The average molecular weight is 434 g/mol. The molecule has 8 nitrogen and oxygen atoms in total. The van der Waals surface area contributed by atoms with E-state index in [1.54, 1.807) is 60.7 Å². The molecule has 0 atom stereocenters. The lowest BCUT2D eigenvalue weighted by Gasteiger charge is -2.10. The molecule has 3 aromatic carbocycles. The van der Waals surface area contributed by atoms with E-state index in [0.29, 0.717) is 34.0 Å². The van der Waals surface area contributed by atoms with Crippen LogP contribution in [0.4, 0.5) is 11.4 Å². The average Bonchev–Trinajstić information content (AvgIpc) is 2.79. The van der Waals surface area contributed by atoms with Gasteiger partial charge in [0.25, 0.3) is 11.8 Å². The van der Waals surface area contributed by atoms with Crippen LogP contribution in [0.5, 0.6) is 17.2 Å². The lowest BCUT2D eigenvalue weighted by atomic mass is 10.1.